The number of benzene rings is 1. The summed E-state index contributed by atoms with van der Waals surface area (Å²) in [5.74, 6) is 0.285. The normalized spacial score (nSPS) is 19.0. The topological polar surface area (TPSA) is 75.5 Å². The molecule has 4 heterocycles. The molecule has 0 bridgehead atoms. The number of hydrogen-bond donors (Lipinski definition) is 1. The summed E-state index contributed by atoms with van der Waals surface area (Å²) in [5, 5.41) is 3.57. The molecule has 8 nitrogen and oxygen atoms in total. The lowest BCUT2D eigenvalue weighted by atomic mass is 9.93. The number of rotatable bonds is 4. The SMILES string of the molecule is Cn1c(N2CCN[C@@H](c3ccc(N4CCOCC4)cc3-c3ccncc3F)C2)nccc1=O. The maximum absolute atomic E-state index is 14.9. The van der Waals surface area contributed by atoms with Gasteiger partial charge in [-0.1, -0.05) is 6.07 Å². The minimum atomic E-state index is -0.349. The van der Waals surface area contributed by atoms with Gasteiger partial charge in [0, 0.05) is 69.5 Å². The van der Waals surface area contributed by atoms with Crippen molar-refractivity contribution in [3.63, 3.8) is 0 Å². The Morgan fingerprint density at radius 2 is 1.91 bits per heavy atom. The Balaban J connectivity index is 1.53. The Morgan fingerprint density at radius 3 is 2.73 bits per heavy atom. The molecule has 5 rings (SSSR count). The standard InChI is InChI=1S/C24H27FN6O2/c1-29-23(32)5-7-28-24(29)31-9-8-27-22(16-31)19-3-2-17(30-10-12-33-13-11-30)14-20(19)18-4-6-26-15-21(18)25/h2-7,14-15,22,27H,8-13,16H2,1H3/t22-/m1/s1. The molecule has 0 amide bonds. The summed E-state index contributed by atoms with van der Waals surface area (Å²) in [6, 6.07) is 9.37. The Morgan fingerprint density at radius 1 is 1.06 bits per heavy atom. The van der Waals surface area contributed by atoms with Crippen LogP contribution in [0.4, 0.5) is 16.0 Å². The van der Waals surface area contributed by atoms with Gasteiger partial charge in [-0.05, 0) is 29.3 Å². The second kappa shape index (κ2) is 9.29. The first-order valence-electron chi connectivity index (χ1n) is 11.2. The van der Waals surface area contributed by atoms with Crippen LogP contribution in [0.2, 0.25) is 0 Å². The molecular formula is C24H27FN6O2. The van der Waals surface area contributed by atoms with Gasteiger partial charge in [-0.15, -0.1) is 0 Å². The van der Waals surface area contributed by atoms with Crippen LogP contribution in [0.15, 0.2) is 53.7 Å². The highest BCUT2D eigenvalue weighted by Crippen LogP contribution is 2.35. The molecule has 2 saturated heterocycles. The van der Waals surface area contributed by atoms with Crippen molar-refractivity contribution < 1.29 is 9.13 Å². The van der Waals surface area contributed by atoms with Crippen LogP contribution in [-0.4, -0.2) is 60.5 Å². The molecule has 0 spiro atoms. The molecule has 1 atom stereocenters. The lowest BCUT2D eigenvalue weighted by Crippen LogP contribution is -2.47. The lowest BCUT2D eigenvalue weighted by molar-refractivity contribution is 0.122. The number of halogens is 1. The maximum atomic E-state index is 14.9. The molecule has 2 fully saturated rings. The van der Waals surface area contributed by atoms with Crippen molar-refractivity contribution in [2.24, 2.45) is 7.05 Å². The Bertz CT molecular complexity index is 1190. The number of piperazine rings is 1. The smallest absolute Gasteiger partial charge is 0.254 e. The van der Waals surface area contributed by atoms with E-state index in [1.54, 1.807) is 30.1 Å². The molecular weight excluding hydrogens is 423 g/mol. The van der Waals surface area contributed by atoms with Crippen molar-refractivity contribution in [3.05, 3.63) is 70.7 Å². The van der Waals surface area contributed by atoms with E-state index in [4.69, 9.17) is 4.74 Å². The predicted molar refractivity (Wildman–Crippen MR) is 125 cm³/mol. The van der Waals surface area contributed by atoms with Gasteiger partial charge >= 0.3 is 0 Å². The summed E-state index contributed by atoms with van der Waals surface area (Å²) in [7, 11) is 1.73. The number of morpholine rings is 1. The van der Waals surface area contributed by atoms with Crippen LogP contribution in [0.1, 0.15) is 11.6 Å². The van der Waals surface area contributed by atoms with Crippen LogP contribution >= 0.6 is 0 Å². The van der Waals surface area contributed by atoms with Crippen LogP contribution in [0.3, 0.4) is 0 Å². The third-order valence-corrected chi connectivity index (χ3v) is 6.35. The second-order valence-electron chi connectivity index (χ2n) is 8.32. The van der Waals surface area contributed by atoms with E-state index < -0.39 is 0 Å². The molecule has 2 aromatic heterocycles. The summed E-state index contributed by atoms with van der Waals surface area (Å²) in [4.78, 5) is 24.8. The predicted octanol–water partition coefficient (Wildman–Crippen LogP) is 1.97. The van der Waals surface area contributed by atoms with Gasteiger partial charge in [0.25, 0.3) is 5.56 Å². The number of anilines is 2. The van der Waals surface area contributed by atoms with Crippen molar-refractivity contribution >= 4 is 11.6 Å². The second-order valence-corrected chi connectivity index (χ2v) is 8.32. The van der Waals surface area contributed by atoms with Gasteiger partial charge in [0.15, 0.2) is 0 Å². The fraction of sp³-hybridized carbons (Fsp3) is 0.375. The fourth-order valence-corrected chi connectivity index (χ4v) is 4.59. The van der Waals surface area contributed by atoms with E-state index in [-0.39, 0.29) is 17.4 Å². The number of hydrogen-bond acceptors (Lipinski definition) is 7. The fourth-order valence-electron chi connectivity index (χ4n) is 4.59. The monoisotopic (exact) mass is 450 g/mol. The molecule has 9 heteroatoms. The number of ether oxygens (including phenoxy) is 1. The summed E-state index contributed by atoms with van der Waals surface area (Å²) in [5.41, 5.74) is 3.33. The first kappa shape index (κ1) is 21.5. The van der Waals surface area contributed by atoms with Gasteiger partial charge in [0.2, 0.25) is 5.95 Å². The number of nitrogens with zero attached hydrogens (tertiary/aromatic N) is 5. The van der Waals surface area contributed by atoms with Crippen molar-refractivity contribution in [1.82, 2.24) is 19.9 Å². The summed E-state index contributed by atoms with van der Waals surface area (Å²) in [6.07, 6.45) is 4.42. The highest BCUT2D eigenvalue weighted by Gasteiger charge is 2.27. The van der Waals surface area contributed by atoms with E-state index in [9.17, 15) is 9.18 Å². The van der Waals surface area contributed by atoms with Gasteiger partial charge in [0.1, 0.15) is 5.82 Å². The molecule has 3 aromatic rings. The average molecular weight is 451 g/mol. The highest BCUT2D eigenvalue weighted by molar-refractivity contribution is 5.73. The molecule has 2 aliphatic rings. The molecule has 1 aromatic carbocycles. The summed E-state index contributed by atoms with van der Waals surface area (Å²) in [6.45, 7) is 5.04. The van der Waals surface area contributed by atoms with Crippen LogP contribution in [0.5, 0.6) is 0 Å². The van der Waals surface area contributed by atoms with E-state index >= 15 is 0 Å². The molecule has 33 heavy (non-hydrogen) atoms. The van der Waals surface area contributed by atoms with Gasteiger partial charge in [0.05, 0.1) is 25.5 Å². The number of aromatic nitrogens is 3. The van der Waals surface area contributed by atoms with Crippen LogP contribution in [0.25, 0.3) is 11.1 Å². The zero-order valence-electron chi connectivity index (χ0n) is 18.6. The van der Waals surface area contributed by atoms with Gasteiger partial charge in [-0.2, -0.15) is 0 Å². The first-order valence-corrected chi connectivity index (χ1v) is 11.2. The molecule has 172 valence electrons. The van der Waals surface area contributed by atoms with E-state index in [0.29, 0.717) is 31.3 Å². The van der Waals surface area contributed by atoms with Gasteiger partial charge < -0.3 is 19.9 Å². The first-order chi connectivity index (χ1) is 16.1. The molecule has 0 radical (unpaired) electrons. The molecule has 0 saturated carbocycles. The number of pyridine rings is 1. The minimum Gasteiger partial charge on any atom is -0.378 e. The molecule has 0 unspecified atom stereocenters. The Hall–Kier alpha value is -3.30. The maximum Gasteiger partial charge on any atom is 0.254 e. The van der Waals surface area contributed by atoms with Crippen molar-refractivity contribution in [3.8, 4) is 11.1 Å². The van der Waals surface area contributed by atoms with E-state index in [1.165, 1.54) is 12.3 Å². The quantitative estimate of drug-likeness (QED) is 0.651. The van der Waals surface area contributed by atoms with Crippen LogP contribution in [0, 0.1) is 5.82 Å². The van der Waals surface area contributed by atoms with Crippen LogP contribution in [-0.2, 0) is 11.8 Å². The minimum absolute atomic E-state index is 0.0582. The van der Waals surface area contributed by atoms with Crippen molar-refractivity contribution in [1.29, 1.82) is 0 Å². The third kappa shape index (κ3) is 4.34. The lowest BCUT2D eigenvalue weighted by Gasteiger charge is -2.36. The van der Waals surface area contributed by atoms with Crippen molar-refractivity contribution in [2.75, 3.05) is 55.7 Å². The van der Waals surface area contributed by atoms with E-state index in [0.717, 1.165) is 43.0 Å². The summed E-state index contributed by atoms with van der Waals surface area (Å²) >= 11 is 0. The third-order valence-electron chi connectivity index (χ3n) is 6.35. The van der Waals surface area contributed by atoms with Gasteiger partial charge in [-0.3, -0.25) is 14.3 Å². The Kier molecular flexibility index (Phi) is 6.06. The van der Waals surface area contributed by atoms with Crippen LogP contribution < -0.4 is 20.7 Å². The van der Waals surface area contributed by atoms with E-state index in [2.05, 4.69) is 43.3 Å². The number of nitrogens with one attached hydrogen (secondary N) is 1. The zero-order chi connectivity index (χ0) is 22.8. The molecule has 2 aliphatic heterocycles. The zero-order valence-corrected chi connectivity index (χ0v) is 18.6. The highest BCUT2D eigenvalue weighted by atomic mass is 19.1. The molecule has 0 aliphatic carbocycles. The van der Waals surface area contributed by atoms with Crippen molar-refractivity contribution in [2.45, 2.75) is 6.04 Å². The van der Waals surface area contributed by atoms with E-state index in [1.807, 2.05) is 0 Å². The summed E-state index contributed by atoms with van der Waals surface area (Å²) < 4.78 is 21.9. The van der Waals surface area contributed by atoms with Gasteiger partial charge in [-0.25, -0.2) is 9.37 Å². The average Bonchev–Trinajstić information content (AvgIpc) is 2.86. The largest absolute Gasteiger partial charge is 0.378 e. The molecule has 1 N–H and O–H groups in total. The Labute approximate surface area is 191 Å².